The van der Waals surface area contributed by atoms with Crippen molar-refractivity contribution in [1.29, 1.82) is 0 Å². The zero-order valence-corrected chi connectivity index (χ0v) is 8.82. The number of carboxylic acid groups (broad SMARTS) is 1. The van der Waals surface area contributed by atoms with Gasteiger partial charge in [-0.2, -0.15) is 0 Å². The van der Waals surface area contributed by atoms with Gasteiger partial charge in [-0.15, -0.1) is 0 Å². The van der Waals surface area contributed by atoms with Crippen LogP contribution >= 0.6 is 0 Å². The molecule has 0 aliphatic carbocycles. The Morgan fingerprint density at radius 2 is 2.00 bits per heavy atom. The van der Waals surface area contributed by atoms with Crippen molar-refractivity contribution in [2.24, 2.45) is 5.92 Å². The quantitative estimate of drug-likeness (QED) is 0.493. The van der Waals surface area contributed by atoms with Gasteiger partial charge < -0.3 is 15.7 Å². The summed E-state index contributed by atoms with van der Waals surface area (Å²) < 4.78 is 0. The third kappa shape index (κ3) is 6.48. The first kappa shape index (κ1) is 13.4. The molecule has 0 heterocycles. The topological polar surface area (TPSA) is 95.5 Å². The summed E-state index contributed by atoms with van der Waals surface area (Å²) in [6, 6.07) is -0.897. The average Bonchev–Trinajstić information content (AvgIpc) is 2.12. The summed E-state index contributed by atoms with van der Waals surface area (Å²) in [5.41, 5.74) is 0. The highest BCUT2D eigenvalue weighted by Gasteiger charge is 2.20. The minimum Gasteiger partial charge on any atom is -0.480 e. The molecule has 0 saturated heterocycles. The fourth-order valence-corrected chi connectivity index (χ4v) is 1.07. The third-order valence-electron chi connectivity index (χ3n) is 1.69. The first-order valence-electron chi connectivity index (χ1n) is 4.66. The van der Waals surface area contributed by atoms with E-state index in [-0.39, 0.29) is 12.5 Å². The summed E-state index contributed by atoms with van der Waals surface area (Å²) in [6.45, 7) is 3.53. The smallest absolute Gasteiger partial charge is 0.326 e. The molecule has 0 aliphatic rings. The van der Waals surface area contributed by atoms with Crippen molar-refractivity contribution in [3.05, 3.63) is 0 Å². The molecule has 3 N–H and O–H groups in total. The van der Waals surface area contributed by atoms with Crippen LogP contribution in [0.4, 0.5) is 0 Å². The molecule has 6 heteroatoms. The molecule has 0 aromatic heterocycles. The standard InChI is InChI=1S/C9H16N2O4/c1-6(2)3-7(9(14)15)11-8(13)4-10-5-12/h5-7H,3-4H2,1-2H3,(H,10,12)(H,11,13)(H,14,15)/t7-/m0/s1. The lowest BCUT2D eigenvalue weighted by atomic mass is 10.0. The lowest BCUT2D eigenvalue weighted by Gasteiger charge is -2.16. The van der Waals surface area contributed by atoms with E-state index in [1.54, 1.807) is 0 Å². The molecule has 1 atom stereocenters. The Hall–Kier alpha value is -1.59. The van der Waals surface area contributed by atoms with Crippen molar-refractivity contribution in [2.75, 3.05) is 6.54 Å². The maximum atomic E-state index is 11.1. The first-order valence-corrected chi connectivity index (χ1v) is 4.66. The van der Waals surface area contributed by atoms with Gasteiger partial charge in [0.2, 0.25) is 12.3 Å². The molecule has 15 heavy (non-hydrogen) atoms. The van der Waals surface area contributed by atoms with E-state index in [1.807, 2.05) is 13.8 Å². The van der Waals surface area contributed by atoms with Gasteiger partial charge >= 0.3 is 5.97 Å². The van der Waals surface area contributed by atoms with Crippen LogP contribution < -0.4 is 10.6 Å². The average molecular weight is 216 g/mol. The first-order chi connectivity index (χ1) is 6.97. The molecule has 86 valence electrons. The Balaban J connectivity index is 4.10. The second-order valence-electron chi connectivity index (χ2n) is 3.59. The van der Waals surface area contributed by atoms with Crippen molar-refractivity contribution in [2.45, 2.75) is 26.3 Å². The van der Waals surface area contributed by atoms with E-state index in [2.05, 4.69) is 10.6 Å². The number of amides is 2. The molecule has 0 rings (SSSR count). The van der Waals surface area contributed by atoms with Gasteiger partial charge in [-0.3, -0.25) is 9.59 Å². The molecule has 0 aliphatic heterocycles. The van der Waals surface area contributed by atoms with Crippen molar-refractivity contribution in [3.63, 3.8) is 0 Å². The highest BCUT2D eigenvalue weighted by Crippen LogP contribution is 2.04. The number of nitrogens with one attached hydrogen (secondary N) is 2. The molecule has 2 amide bonds. The van der Waals surface area contributed by atoms with E-state index < -0.39 is 17.9 Å². The summed E-state index contributed by atoms with van der Waals surface area (Å²) in [6.07, 6.45) is 0.750. The zero-order valence-electron chi connectivity index (χ0n) is 8.82. The van der Waals surface area contributed by atoms with Crippen molar-refractivity contribution < 1.29 is 19.5 Å². The van der Waals surface area contributed by atoms with Gasteiger partial charge in [0.1, 0.15) is 6.04 Å². The number of hydrogen-bond donors (Lipinski definition) is 3. The van der Waals surface area contributed by atoms with Gasteiger partial charge in [-0.1, -0.05) is 13.8 Å². The Labute approximate surface area is 88.0 Å². The van der Waals surface area contributed by atoms with Gasteiger partial charge in [-0.25, -0.2) is 4.79 Å². The van der Waals surface area contributed by atoms with E-state index in [1.165, 1.54) is 0 Å². The number of carbonyl (C=O) groups excluding carboxylic acids is 2. The highest BCUT2D eigenvalue weighted by molar-refractivity contribution is 5.85. The molecular formula is C9H16N2O4. The van der Waals surface area contributed by atoms with Gasteiger partial charge in [-0.05, 0) is 12.3 Å². The van der Waals surface area contributed by atoms with Crippen LogP contribution in [0.5, 0.6) is 0 Å². The van der Waals surface area contributed by atoms with E-state index in [9.17, 15) is 14.4 Å². The van der Waals surface area contributed by atoms with Crippen LogP contribution in [0, 0.1) is 5.92 Å². The number of rotatable bonds is 7. The summed E-state index contributed by atoms with van der Waals surface area (Å²) in [7, 11) is 0. The molecule has 0 unspecified atom stereocenters. The van der Waals surface area contributed by atoms with Crippen LogP contribution in [0.15, 0.2) is 0 Å². The van der Waals surface area contributed by atoms with Crippen LogP contribution in [0.3, 0.4) is 0 Å². The fraction of sp³-hybridized carbons (Fsp3) is 0.667. The van der Waals surface area contributed by atoms with Crippen LogP contribution in [-0.4, -0.2) is 36.0 Å². The van der Waals surface area contributed by atoms with Gasteiger partial charge in [0, 0.05) is 0 Å². The number of carbonyl (C=O) groups is 3. The number of carboxylic acids is 1. The molecule has 0 aromatic carbocycles. The maximum absolute atomic E-state index is 11.1. The van der Waals surface area contributed by atoms with Crippen molar-refractivity contribution in [3.8, 4) is 0 Å². The molecule has 6 nitrogen and oxygen atoms in total. The summed E-state index contributed by atoms with van der Waals surface area (Å²) in [5.74, 6) is -1.40. The summed E-state index contributed by atoms with van der Waals surface area (Å²) in [5, 5.41) is 13.3. The van der Waals surface area contributed by atoms with E-state index >= 15 is 0 Å². The molecule has 0 fully saturated rings. The van der Waals surface area contributed by atoms with Crippen LogP contribution in [0.2, 0.25) is 0 Å². The minimum absolute atomic E-state index is 0.172. The Kier molecular flexibility index (Phi) is 6.08. The lowest BCUT2D eigenvalue weighted by molar-refractivity contribution is -0.142. The van der Waals surface area contributed by atoms with Crippen LogP contribution in [0.25, 0.3) is 0 Å². The Morgan fingerprint density at radius 3 is 2.40 bits per heavy atom. The highest BCUT2D eigenvalue weighted by atomic mass is 16.4. The minimum atomic E-state index is -1.07. The van der Waals surface area contributed by atoms with Gasteiger partial charge in [0.25, 0.3) is 0 Å². The van der Waals surface area contributed by atoms with Gasteiger partial charge in [0.15, 0.2) is 0 Å². The second kappa shape index (κ2) is 6.80. The number of hydrogen-bond acceptors (Lipinski definition) is 3. The summed E-state index contributed by atoms with van der Waals surface area (Å²) in [4.78, 5) is 31.7. The molecule has 0 saturated carbocycles. The summed E-state index contributed by atoms with van der Waals surface area (Å²) >= 11 is 0. The maximum Gasteiger partial charge on any atom is 0.326 e. The number of aliphatic carboxylic acids is 1. The SMILES string of the molecule is CC(C)C[C@H](NC(=O)CNC=O)C(=O)O. The zero-order chi connectivity index (χ0) is 11.8. The molecule has 0 spiro atoms. The predicted octanol–water partition coefficient (Wildman–Crippen LogP) is -0.652. The molecule has 0 radical (unpaired) electrons. The fourth-order valence-electron chi connectivity index (χ4n) is 1.07. The normalized spacial score (nSPS) is 11.9. The monoisotopic (exact) mass is 216 g/mol. The third-order valence-corrected chi connectivity index (χ3v) is 1.69. The Morgan fingerprint density at radius 1 is 1.40 bits per heavy atom. The Bertz CT molecular complexity index is 240. The lowest BCUT2D eigenvalue weighted by Crippen LogP contribution is -2.45. The van der Waals surface area contributed by atoms with Crippen LogP contribution in [-0.2, 0) is 14.4 Å². The predicted molar refractivity (Wildman–Crippen MR) is 53.1 cm³/mol. The van der Waals surface area contributed by atoms with E-state index in [0.29, 0.717) is 12.8 Å². The van der Waals surface area contributed by atoms with E-state index in [0.717, 1.165) is 0 Å². The van der Waals surface area contributed by atoms with E-state index in [4.69, 9.17) is 5.11 Å². The van der Waals surface area contributed by atoms with Gasteiger partial charge in [0.05, 0.1) is 6.54 Å². The second-order valence-corrected chi connectivity index (χ2v) is 3.59. The molecule has 0 bridgehead atoms. The van der Waals surface area contributed by atoms with Crippen molar-refractivity contribution >= 4 is 18.3 Å². The van der Waals surface area contributed by atoms with Crippen molar-refractivity contribution in [1.82, 2.24) is 10.6 Å². The molecule has 0 aromatic rings. The largest absolute Gasteiger partial charge is 0.480 e. The molecular weight excluding hydrogens is 200 g/mol. The van der Waals surface area contributed by atoms with Crippen LogP contribution in [0.1, 0.15) is 20.3 Å².